The summed E-state index contributed by atoms with van der Waals surface area (Å²) in [6.45, 7) is 3.02. The zero-order chi connectivity index (χ0) is 16.1. The Kier molecular flexibility index (Phi) is 5.53. The first kappa shape index (κ1) is 16.5. The number of hydrogen-bond acceptors (Lipinski definition) is 7. The van der Waals surface area contributed by atoms with Crippen LogP contribution in [0.25, 0.3) is 0 Å². The summed E-state index contributed by atoms with van der Waals surface area (Å²) >= 11 is 0. The van der Waals surface area contributed by atoms with Crippen molar-refractivity contribution in [2.45, 2.75) is 12.5 Å². The zero-order valence-corrected chi connectivity index (χ0v) is 12.5. The number of nitrogens with one attached hydrogen (secondary N) is 1. The molecule has 1 aliphatic rings. The Morgan fingerprint density at radius 3 is 2.68 bits per heavy atom. The van der Waals surface area contributed by atoms with Crippen LogP contribution in [0.4, 0.5) is 5.69 Å². The summed E-state index contributed by atoms with van der Waals surface area (Å²) in [7, 11) is 1.36. The Morgan fingerprint density at radius 1 is 1.45 bits per heavy atom. The van der Waals surface area contributed by atoms with Crippen molar-refractivity contribution in [2.75, 3.05) is 39.9 Å². The standard InChI is InChI=1S/C14H21N3O5/c1-22-13-9-10(17(20)21)8-11(14(13)19)12(2-7-18)16-5-3-15-4-6-16/h8-9,12,15,18-19H,2-7H2,1H3/t12-/m1/s1. The molecule has 0 aliphatic carbocycles. The molecule has 0 bridgehead atoms. The summed E-state index contributed by atoms with van der Waals surface area (Å²) < 4.78 is 5.04. The topological polar surface area (TPSA) is 108 Å². The van der Waals surface area contributed by atoms with Crippen molar-refractivity contribution in [2.24, 2.45) is 0 Å². The van der Waals surface area contributed by atoms with Crippen LogP contribution in [0.3, 0.4) is 0 Å². The largest absolute Gasteiger partial charge is 0.504 e. The van der Waals surface area contributed by atoms with E-state index in [4.69, 9.17) is 4.74 Å². The van der Waals surface area contributed by atoms with Gasteiger partial charge in [0.25, 0.3) is 5.69 Å². The lowest BCUT2D eigenvalue weighted by Crippen LogP contribution is -2.45. The highest BCUT2D eigenvalue weighted by atomic mass is 16.6. The number of ether oxygens (including phenoxy) is 1. The Labute approximate surface area is 128 Å². The monoisotopic (exact) mass is 311 g/mol. The molecule has 8 nitrogen and oxygen atoms in total. The maximum atomic E-state index is 11.1. The van der Waals surface area contributed by atoms with Crippen LogP contribution >= 0.6 is 0 Å². The van der Waals surface area contributed by atoms with E-state index < -0.39 is 4.92 Å². The molecule has 1 atom stereocenters. The third-order valence-corrected chi connectivity index (χ3v) is 3.87. The lowest BCUT2D eigenvalue weighted by Gasteiger charge is -2.35. The number of phenols is 1. The van der Waals surface area contributed by atoms with Gasteiger partial charge in [0.2, 0.25) is 0 Å². The summed E-state index contributed by atoms with van der Waals surface area (Å²) in [5, 5.41) is 34.0. The molecule has 2 rings (SSSR count). The van der Waals surface area contributed by atoms with Gasteiger partial charge in [-0.15, -0.1) is 0 Å². The predicted octanol–water partition coefficient (Wildman–Crippen LogP) is 0.638. The molecule has 0 unspecified atom stereocenters. The number of nitro benzene ring substituents is 1. The van der Waals surface area contributed by atoms with E-state index in [0.29, 0.717) is 12.0 Å². The van der Waals surface area contributed by atoms with Crippen LogP contribution in [-0.4, -0.2) is 59.9 Å². The van der Waals surface area contributed by atoms with Crippen molar-refractivity contribution >= 4 is 5.69 Å². The number of phenolic OH excluding ortho intramolecular Hbond substituents is 1. The average Bonchev–Trinajstić information content (AvgIpc) is 2.54. The first-order valence-corrected chi connectivity index (χ1v) is 7.19. The molecule has 0 spiro atoms. The van der Waals surface area contributed by atoms with Crippen LogP contribution in [0.5, 0.6) is 11.5 Å². The fourth-order valence-electron chi connectivity index (χ4n) is 2.78. The van der Waals surface area contributed by atoms with Crippen molar-refractivity contribution in [3.63, 3.8) is 0 Å². The maximum Gasteiger partial charge on any atom is 0.273 e. The molecule has 0 radical (unpaired) electrons. The number of benzene rings is 1. The van der Waals surface area contributed by atoms with E-state index in [1.54, 1.807) is 0 Å². The highest BCUT2D eigenvalue weighted by molar-refractivity contribution is 5.54. The van der Waals surface area contributed by atoms with E-state index in [-0.39, 0.29) is 29.8 Å². The minimum Gasteiger partial charge on any atom is -0.504 e. The molecule has 1 aromatic rings. The number of nitro groups is 1. The van der Waals surface area contributed by atoms with Crippen molar-refractivity contribution in [1.82, 2.24) is 10.2 Å². The first-order valence-electron chi connectivity index (χ1n) is 7.19. The van der Waals surface area contributed by atoms with Crippen molar-refractivity contribution in [1.29, 1.82) is 0 Å². The van der Waals surface area contributed by atoms with Gasteiger partial charge in [0.05, 0.1) is 18.1 Å². The lowest BCUT2D eigenvalue weighted by atomic mass is 9.99. The summed E-state index contributed by atoms with van der Waals surface area (Å²) in [6, 6.07) is 2.27. The number of methoxy groups -OCH3 is 1. The quantitative estimate of drug-likeness (QED) is 0.522. The van der Waals surface area contributed by atoms with Gasteiger partial charge in [-0.25, -0.2) is 0 Å². The molecule has 8 heteroatoms. The lowest BCUT2D eigenvalue weighted by molar-refractivity contribution is -0.385. The maximum absolute atomic E-state index is 11.1. The van der Waals surface area contributed by atoms with E-state index in [0.717, 1.165) is 26.2 Å². The Morgan fingerprint density at radius 2 is 2.14 bits per heavy atom. The third-order valence-electron chi connectivity index (χ3n) is 3.87. The van der Waals surface area contributed by atoms with Gasteiger partial charge in [0.15, 0.2) is 11.5 Å². The number of piperazine rings is 1. The zero-order valence-electron chi connectivity index (χ0n) is 12.5. The first-order chi connectivity index (χ1) is 10.6. The van der Waals surface area contributed by atoms with Gasteiger partial charge in [-0.2, -0.15) is 0 Å². The number of aliphatic hydroxyl groups is 1. The van der Waals surface area contributed by atoms with Gasteiger partial charge in [0.1, 0.15) is 0 Å². The molecule has 3 N–H and O–H groups in total. The van der Waals surface area contributed by atoms with E-state index in [9.17, 15) is 20.3 Å². The number of nitrogens with zero attached hydrogens (tertiary/aromatic N) is 2. The molecule has 1 aliphatic heterocycles. The van der Waals surface area contributed by atoms with Crippen LogP contribution < -0.4 is 10.1 Å². The van der Waals surface area contributed by atoms with Gasteiger partial charge >= 0.3 is 0 Å². The van der Waals surface area contributed by atoms with Gasteiger partial charge in [-0.1, -0.05) is 0 Å². The molecule has 0 saturated carbocycles. The molecular formula is C14H21N3O5. The highest BCUT2D eigenvalue weighted by Gasteiger charge is 2.28. The van der Waals surface area contributed by atoms with Gasteiger partial charge < -0.3 is 20.3 Å². The summed E-state index contributed by atoms with van der Waals surface area (Å²) in [6.07, 6.45) is 0.387. The number of aliphatic hydroxyl groups excluding tert-OH is 1. The number of hydrogen-bond donors (Lipinski definition) is 3. The number of aromatic hydroxyl groups is 1. The van der Waals surface area contributed by atoms with Gasteiger partial charge in [-0.05, 0) is 6.42 Å². The second-order valence-corrected chi connectivity index (χ2v) is 5.16. The SMILES string of the molecule is COc1cc([N+](=O)[O-])cc([C@@H](CCO)N2CCNCC2)c1O. The minimum atomic E-state index is -0.515. The van der Waals surface area contributed by atoms with Crippen molar-refractivity contribution < 1.29 is 19.9 Å². The molecule has 122 valence electrons. The number of non-ortho nitro benzene ring substituents is 1. The molecular weight excluding hydrogens is 290 g/mol. The Hall–Kier alpha value is -1.90. The van der Waals surface area contributed by atoms with E-state index in [1.807, 2.05) is 0 Å². The summed E-state index contributed by atoms with van der Waals surface area (Å²) in [4.78, 5) is 12.7. The molecule has 1 aromatic carbocycles. The molecule has 1 saturated heterocycles. The highest BCUT2D eigenvalue weighted by Crippen LogP contribution is 2.40. The van der Waals surface area contributed by atoms with Gasteiger partial charge in [0, 0.05) is 50.5 Å². The van der Waals surface area contributed by atoms with E-state index in [1.165, 1.54) is 19.2 Å². The second-order valence-electron chi connectivity index (χ2n) is 5.16. The van der Waals surface area contributed by atoms with Crippen molar-refractivity contribution in [3.8, 4) is 11.5 Å². The molecule has 1 heterocycles. The smallest absolute Gasteiger partial charge is 0.273 e. The molecule has 0 aromatic heterocycles. The molecule has 1 fully saturated rings. The summed E-state index contributed by atoms with van der Waals surface area (Å²) in [5.74, 6) is -0.0349. The molecule has 22 heavy (non-hydrogen) atoms. The van der Waals surface area contributed by atoms with Crippen LogP contribution in [0, 0.1) is 10.1 Å². The normalized spacial score (nSPS) is 17.2. The number of rotatable bonds is 6. The second kappa shape index (κ2) is 7.39. The third kappa shape index (κ3) is 3.46. The summed E-state index contributed by atoms with van der Waals surface area (Å²) in [5.41, 5.74) is 0.282. The van der Waals surface area contributed by atoms with Crippen LogP contribution in [0.15, 0.2) is 12.1 Å². The Balaban J connectivity index is 2.44. The van der Waals surface area contributed by atoms with E-state index in [2.05, 4.69) is 10.2 Å². The van der Waals surface area contributed by atoms with Crippen molar-refractivity contribution in [3.05, 3.63) is 27.8 Å². The van der Waals surface area contributed by atoms with E-state index >= 15 is 0 Å². The minimum absolute atomic E-state index is 0.0704. The molecule has 0 amide bonds. The van der Waals surface area contributed by atoms with Crippen LogP contribution in [0.1, 0.15) is 18.0 Å². The predicted molar refractivity (Wildman–Crippen MR) is 80.2 cm³/mol. The average molecular weight is 311 g/mol. The Bertz CT molecular complexity index is 531. The van der Waals surface area contributed by atoms with Crippen LogP contribution in [0.2, 0.25) is 0 Å². The fraction of sp³-hybridized carbons (Fsp3) is 0.571. The fourth-order valence-corrected chi connectivity index (χ4v) is 2.78. The van der Waals surface area contributed by atoms with Crippen LogP contribution in [-0.2, 0) is 0 Å². The van der Waals surface area contributed by atoms with Gasteiger partial charge in [-0.3, -0.25) is 15.0 Å².